The second-order valence-electron chi connectivity index (χ2n) is 4.44. The Bertz CT molecular complexity index is 796. The van der Waals surface area contributed by atoms with E-state index in [2.05, 4.69) is 4.98 Å². The van der Waals surface area contributed by atoms with Gasteiger partial charge in [-0.15, -0.1) is 0 Å². The molecule has 0 radical (unpaired) electrons. The van der Waals surface area contributed by atoms with Gasteiger partial charge in [0.1, 0.15) is 18.0 Å². The molecule has 5 nitrogen and oxygen atoms in total. The first-order valence-electron chi connectivity index (χ1n) is 6.21. The zero-order valence-electron chi connectivity index (χ0n) is 10.9. The van der Waals surface area contributed by atoms with Crippen molar-refractivity contribution in [2.75, 3.05) is 0 Å². The SMILES string of the molecule is O=C(O)c1ccn2c(COc3ccc(Cl)cc3)cnc2c1. The van der Waals surface area contributed by atoms with Gasteiger partial charge in [-0.05, 0) is 36.4 Å². The van der Waals surface area contributed by atoms with E-state index in [-0.39, 0.29) is 5.56 Å². The van der Waals surface area contributed by atoms with Crippen LogP contribution in [0.15, 0.2) is 48.8 Å². The first-order chi connectivity index (χ1) is 10.1. The van der Waals surface area contributed by atoms with Gasteiger partial charge in [0.15, 0.2) is 0 Å². The molecule has 0 aliphatic rings. The van der Waals surface area contributed by atoms with Crippen molar-refractivity contribution in [3.05, 3.63) is 65.1 Å². The molecule has 21 heavy (non-hydrogen) atoms. The third-order valence-corrected chi connectivity index (χ3v) is 3.29. The number of aromatic nitrogens is 2. The first-order valence-corrected chi connectivity index (χ1v) is 6.59. The van der Waals surface area contributed by atoms with Crippen LogP contribution in [0.4, 0.5) is 0 Å². The summed E-state index contributed by atoms with van der Waals surface area (Å²) in [5, 5.41) is 9.60. The molecular formula is C15H11ClN2O3. The van der Waals surface area contributed by atoms with Crippen LogP contribution in [0.2, 0.25) is 5.02 Å². The van der Waals surface area contributed by atoms with Gasteiger partial charge in [0.05, 0.1) is 17.5 Å². The van der Waals surface area contributed by atoms with E-state index in [1.54, 1.807) is 41.1 Å². The van der Waals surface area contributed by atoms with E-state index in [9.17, 15) is 4.79 Å². The van der Waals surface area contributed by atoms with Crippen molar-refractivity contribution >= 4 is 23.2 Å². The Morgan fingerprint density at radius 1 is 1.29 bits per heavy atom. The van der Waals surface area contributed by atoms with Crippen molar-refractivity contribution in [3.63, 3.8) is 0 Å². The van der Waals surface area contributed by atoms with Crippen molar-refractivity contribution in [3.8, 4) is 5.75 Å². The molecule has 0 bridgehead atoms. The second kappa shape index (κ2) is 5.46. The lowest BCUT2D eigenvalue weighted by Gasteiger charge is -2.06. The second-order valence-corrected chi connectivity index (χ2v) is 4.88. The van der Waals surface area contributed by atoms with Crippen LogP contribution >= 0.6 is 11.6 Å². The minimum absolute atomic E-state index is 0.207. The molecule has 0 atom stereocenters. The van der Waals surface area contributed by atoms with Gasteiger partial charge in [-0.2, -0.15) is 0 Å². The summed E-state index contributed by atoms with van der Waals surface area (Å²) in [4.78, 5) is 15.1. The summed E-state index contributed by atoms with van der Waals surface area (Å²) in [6.07, 6.45) is 3.34. The summed E-state index contributed by atoms with van der Waals surface area (Å²) in [5.41, 5.74) is 1.61. The highest BCUT2D eigenvalue weighted by Gasteiger charge is 2.08. The molecule has 2 heterocycles. The van der Waals surface area contributed by atoms with Gasteiger partial charge >= 0.3 is 5.97 Å². The number of halogens is 1. The molecule has 0 aliphatic heterocycles. The van der Waals surface area contributed by atoms with Crippen LogP contribution in [0.3, 0.4) is 0 Å². The Balaban J connectivity index is 1.81. The van der Waals surface area contributed by atoms with Gasteiger partial charge in [-0.25, -0.2) is 9.78 Å². The molecule has 0 fully saturated rings. The Labute approximate surface area is 125 Å². The van der Waals surface area contributed by atoms with Crippen molar-refractivity contribution in [2.24, 2.45) is 0 Å². The normalized spacial score (nSPS) is 10.7. The van der Waals surface area contributed by atoms with Gasteiger partial charge < -0.3 is 14.2 Å². The standard InChI is InChI=1S/C15H11ClN2O3/c16-11-1-3-13(4-2-11)21-9-12-8-17-14-7-10(15(19)20)5-6-18(12)14/h1-8H,9H2,(H,19,20). The predicted molar refractivity (Wildman–Crippen MR) is 77.9 cm³/mol. The number of hydrogen-bond acceptors (Lipinski definition) is 3. The molecule has 1 aromatic carbocycles. The highest BCUT2D eigenvalue weighted by atomic mass is 35.5. The number of carbonyl (C=O) groups is 1. The third kappa shape index (κ3) is 2.83. The minimum atomic E-state index is -0.973. The number of carboxylic acids is 1. The van der Waals surface area contributed by atoms with Crippen LogP contribution < -0.4 is 4.74 Å². The Hall–Kier alpha value is -2.53. The van der Waals surface area contributed by atoms with Crippen LogP contribution in [-0.4, -0.2) is 20.5 Å². The van der Waals surface area contributed by atoms with Gasteiger partial charge in [0.2, 0.25) is 0 Å². The predicted octanol–water partition coefficient (Wildman–Crippen LogP) is 3.26. The average molecular weight is 303 g/mol. The van der Waals surface area contributed by atoms with E-state index in [1.807, 2.05) is 0 Å². The zero-order valence-corrected chi connectivity index (χ0v) is 11.6. The first kappa shape index (κ1) is 13.5. The van der Waals surface area contributed by atoms with E-state index in [0.717, 1.165) is 5.69 Å². The fourth-order valence-electron chi connectivity index (χ4n) is 1.96. The molecule has 106 valence electrons. The van der Waals surface area contributed by atoms with Crippen LogP contribution in [0.1, 0.15) is 16.1 Å². The van der Waals surface area contributed by atoms with E-state index < -0.39 is 5.97 Å². The number of hydrogen-bond donors (Lipinski definition) is 1. The number of rotatable bonds is 4. The molecule has 0 aliphatic carbocycles. The number of nitrogens with zero attached hydrogens (tertiary/aromatic N) is 2. The quantitative estimate of drug-likeness (QED) is 0.803. The van der Waals surface area contributed by atoms with E-state index in [4.69, 9.17) is 21.4 Å². The molecule has 0 saturated heterocycles. The fourth-order valence-corrected chi connectivity index (χ4v) is 2.09. The molecule has 6 heteroatoms. The molecule has 0 amide bonds. The Morgan fingerprint density at radius 2 is 2.05 bits per heavy atom. The third-order valence-electron chi connectivity index (χ3n) is 3.04. The van der Waals surface area contributed by atoms with Gasteiger partial charge in [-0.1, -0.05) is 11.6 Å². The monoisotopic (exact) mass is 302 g/mol. The average Bonchev–Trinajstić information content (AvgIpc) is 2.89. The summed E-state index contributed by atoms with van der Waals surface area (Å²) in [7, 11) is 0. The van der Waals surface area contributed by atoms with Crippen molar-refractivity contribution in [2.45, 2.75) is 6.61 Å². The van der Waals surface area contributed by atoms with Crippen LogP contribution in [0.25, 0.3) is 5.65 Å². The summed E-state index contributed by atoms with van der Waals surface area (Å²) in [5.74, 6) is -0.268. The number of ether oxygens (including phenoxy) is 1. The number of imidazole rings is 1. The van der Waals surface area contributed by atoms with E-state index in [1.165, 1.54) is 12.1 Å². The van der Waals surface area contributed by atoms with E-state index in [0.29, 0.717) is 23.0 Å². The highest BCUT2D eigenvalue weighted by molar-refractivity contribution is 6.30. The molecular weight excluding hydrogens is 292 g/mol. The van der Waals surface area contributed by atoms with Gasteiger partial charge in [0, 0.05) is 11.2 Å². The van der Waals surface area contributed by atoms with Crippen molar-refractivity contribution in [1.29, 1.82) is 0 Å². The summed E-state index contributed by atoms with van der Waals surface area (Å²) >= 11 is 5.81. The maximum atomic E-state index is 10.9. The number of aromatic carboxylic acids is 1. The fraction of sp³-hybridized carbons (Fsp3) is 0.0667. The molecule has 0 spiro atoms. The summed E-state index contributed by atoms with van der Waals surface area (Å²) < 4.78 is 7.45. The minimum Gasteiger partial charge on any atom is -0.487 e. The van der Waals surface area contributed by atoms with E-state index >= 15 is 0 Å². The Morgan fingerprint density at radius 3 is 2.76 bits per heavy atom. The maximum absolute atomic E-state index is 10.9. The zero-order chi connectivity index (χ0) is 14.8. The Kier molecular flexibility index (Phi) is 3.50. The topological polar surface area (TPSA) is 63.8 Å². The van der Waals surface area contributed by atoms with Crippen LogP contribution in [-0.2, 0) is 6.61 Å². The number of pyridine rings is 1. The molecule has 1 N–H and O–H groups in total. The summed E-state index contributed by atoms with van der Waals surface area (Å²) in [6, 6.07) is 10.1. The van der Waals surface area contributed by atoms with Crippen LogP contribution in [0, 0.1) is 0 Å². The highest BCUT2D eigenvalue weighted by Crippen LogP contribution is 2.17. The van der Waals surface area contributed by atoms with Crippen LogP contribution in [0.5, 0.6) is 5.75 Å². The summed E-state index contributed by atoms with van der Waals surface area (Å²) in [6.45, 7) is 0.329. The smallest absolute Gasteiger partial charge is 0.335 e. The van der Waals surface area contributed by atoms with Crippen molar-refractivity contribution in [1.82, 2.24) is 9.38 Å². The molecule has 2 aromatic heterocycles. The lowest BCUT2D eigenvalue weighted by atomic mass is 10.3. The number of carboxylic acid groups (broad SMARTS) is 1. The molecule has 0 saturated carbocycles. The lowest BCUT2D eigenvalue weighted by Crippen LogP contribution is -2.01. The lowest BCUT2D eigenvalue weighted by molar-refractivity contribution is 0.0697. The number of benzene rings is 1. The van der Waals surface area contributed by atoms with Gasteiger partial charge in [-0.3, -0.25) is 0 Å². The van der Waals surface area contributed by atoms with Crippen molar-refractivity contribution < 1.29 is 14.6 Å². The molecule has 3 aromatic rings. The number of fused-ring (bicyclic) bond motifs is 1. The molecule has 0 unspecified atom stereocenters. The van der Waals surface area contributed by atoms with Gasteiger partial charge in [0.25, 0.3) is 0 Å². The maximum Gasteiger partial charge on any atom is 0.335 e. The molecule has 3 rings (SSSR count). The largest absolute Gasteiger partial charge is 0.487 e.